The number of hydrogen-bond acceptors (Lipinski definition) is 5. The molecule has 23 heteroatoms. The Hall–Kier alpha value is 1.47. The number of hydrogen-bond donors (Lipinski definition) is 2. The fourth-order valence-electron chi connectivity index (χ4n) is 0.109. The summed E-state index contributed by atoms with van der Waals surface area (Å²) in [5, 5.41) is 0. The molecule has 0 aromatic rings. The van der Waals surface area contributed by atoms with Gasteiger partial charge in [-0.2, -0.15) is 16.8 Å². The van der Waals surface area contributed by atoms with Gasteiger partial charge in [-0.1, -0.05) is 0 Å². The minimum absolute atomic E-state index is 0. The van der Waals surface area contributed by atoms with E-state index in [1.807, 2.05) is 0 Å². The summed E-state index contributed by atoms with van der Waals surface area (Å²) in [5.74, 6) is 0. The second kappa shape index (κ2) is 56.6. The maximum absolute atomic E-state index is 9.44. The standard InChI is InChI=1S/Al.K.H2O7S2.12H2O.4H/c;;1-8(2,3)7-9(4,5)6;;;;;;;;;;;;;;;;/h;;(H,1,2,3)(H,4,5,6);12*1H2;;;;. The van der Waals surface area contributed by atoms with Crippen LogP contribution in [0.15, 0.2) is 0 Å². The van der Waals surface area contributed by atoms with Gasteiger partial charge in [0.2, 0.25) is 0 Å². The van der Waals surface area contributed by atoms with Crippen LogP contribution in [0.25, 0.3) is 0 Å². The molecule has 0 heterocycles. The first kappa shape index (κ1) is 150. The molecule has 26 N–H and O–H groups in total. The monoisotopic (exact) mass is 464 g/mol. The molecule has 0 atom stereocenters. The van der Waals surface area contributed by atoms with Crippen molar-refractivity contribution in [1.29, 1.82) is 0 Å². The predicted octanol–water partition coefficient (Wildman–Crippen LogP) is -13.1. The molecule has 0 rings (SSSR count). The van der Waals surface area contributed by atoms with E-state index in [2.05, 4.69) is 3.63 Å². The van der Waals surface area contributed by atoms with Gasteiger partial charge in [0, 0.05) is 0 Å². The topological polar surface area (TPSA) is 496 Å². The molecule has 0 aliphatic carbocycles. The predicted molar refractivity (Wildman–Crippen MR) is 84.6 cm³/mol. The van der Waals surface area contributed by atoms with E-state index < -0.39 is 20.8 Å². The van der Waals surface area contributed by atoms with Gasteiger partial charge in [-0.25, -0.2) is 0 Å². The van der Waals surface area contributed by atoms with E-state index in [0.29, 0.717) is 0 Å². The zero-order valence-electron chi connectivity index (χ0n) is 9.75. The van der Waals surface area contributed by atoms with Crippen molar-refractivity contribution in [2.24, 2.45) is 0 Å². The molecule has 19 nitrogen and oxygen atoms in total. The summed E-state index contributed by atoms with van der Waals surface area (Å²) < 4.78 is 55.6. The van der Waals surface area contributed by atoms with Crippen molar-refractivity contribution in [3.8, 4) is 0 Å². The molecule has 0 aromatic heterocycles. The Balaban J connectivity index is -0.00000000352. The van der Waals surface area contributed by atoms with Crippen molar-refractivity contribution in [3.63, 3.8) is 0 Å². The molecule has 0 unspecified atom stereocenters. The van der Waals surface area contributed by atoms with E-state index >= 15 is 0 Å². The summed E-state index contributed by atoms with van der Waals surface area (Å²) in [6.45, 7) is 0. The van der Waals surface area contributed by atoms with E-state index in [-0.39, 0.29) is 134 Å². The van der Waals surface area contributed by atoms with Gasteiger partial charge < -0.3 is 65.7 Å². The van der Waals surface area contributed by atoms with Gasteiger partial charge in [0.1, 0.15) is 0 Å². The van der Waals surface area contributed by atoms with Crippen molar-refractivity contribution < 1.29 is 95.3 Å². The van der Waals surface area contributed by atoms with Gasteiger partial charge >= 0.3 is 72.2 Å². The first-order chi connectivity index (χ1) is 3.71. The van der Waals surface area contributed by atoms with Crippen LogP contribution in [0.4, 0.5) is 0 Å². The normalized spacial score (nSPS) is 5.30. The van der Waals surface area contributed by atoms with Crippen molar-refractivity contribution >= 4 is 89.5 Å². The van der Waals surface area contributed by atoms with E-state index in [0.717, 1.165) is 0 Å². The SMILES string of the molecule is O.O.O.O.O.O.O.O.O.O.O.O.O=S(=O)(O)OS(=O)(=O)O.[AlH3].[KH]. The second-order valence-corrected chi connectivity index (χ2v) is 3.18. The third-order valence-corrected chi connectivity index (χ3v) is 1.55. The molecule has 0 aliphatic heterocycles. The Labute approximate surface area is 183 Å². The molecule has 0 bridgehead atoms. The molecule has 0 radical (unpaired) electrons. The summed E-state index contributed by atoms with van der Waals surface area (Å²) in [5.41, 5.74) is 0. The second-order valence-electron chi connectivity index (χ2n) is 0.924. The molecular weight excluding hydrogens is 434 g/mol. The van der Waals surface area contributed by atoms with E-state index in [1.54, 1.807) is 0 Å². The van der Waals surface area contributed by atoms with Crippen molar-refractivity contribution in [2.45, 2.75) is 0 Å². The zero-order valence-corrected chi connectivity index (χ0v) is 11.4. The molecule has 0 amide bonds. The Morgan fingerprint density at radius 3 is 0.565 bits per heavy atom. The van der Waals surface area contributed by atoms with Gasteiger partial charge in [0.05, 0.1) is 0 Å². The molecule has 0 spiro atoms. The van der Waals surface area contributed by atoms with Gasteiger partial charge in [-0.05, 0) is 0 Å². The van der Waals surface area contributed by atoms with Crippen LogP contribution in [-0.4, -0.2) is 160 Å². The molecule has 0 fully saturated rings. The van der Waals surface area contributed by atoms with E-state index in [1.165, 1.54) is 0 Å². The average Bonchev–Trinajstić information content (AvgIpc) is 1.14. The Morgan fingerprint density at radius 1 is 0.478 bits per heavy atom. The van der Waals surface area contributed by atoms with Crippen molar-refractivity contribution in [1.82, 2.24) is 0 Å². The quantitative estimate of drug-likeness (QED) is 0.293. The fraction of sp³-hybridized carbons (Fsp3) is 0. The van der Waals surface area contributed by atoms with Gasteiger partial charge in [0.15, 0.2) is 17.4 Å². The maximum atomic E-state index is 9.44. The van der Waals surface area contributed by atoms with Gasteiger partial charge in [0.25, 0.3) is 0 Å². The van der Waals surface area contributed by atoms with Crippen LogP contribution in [0.1, 0.15) is 0 Å². The van der Waals surface area contributed by atoms with Crippen molar-refractivity contribution in [2.75, 3.05) is 0 Å². The Morgan fingerprint density at radius 2 is 0.565 bits per heavy atom. The summed E-state index contributed by atoms with van der Waals surface area (Å²) in [6.07, 6.45) is 0. The first-order valence-electron chi connectivity index (χ1n) is 1.37. The van der Waals surface area contributed by atoms with Crippen LogP contribution < -0.4 is 0 Å². The Bertz CT molecular complexity index is 246. The van der Waals surface area contributed by atoms with Crippen LogP contribution in [0.3, 0.4) is 0 Å². The molecule has 0 aliphatic rings. The molecule has 160 valence electrons. The minimum atomic E-state index is -5.12. The van der Waals surface area contributed by atoms with Crippen LogP contribution in [-0.2, 0) is 24.4 Å². The molecule has 0 saturated carbocycles. The average molecular weight is 464 g/mol. The molecular formula is H30AlKO19S2. The third kappa shape index (κ3) is 194. The van der Waals surface area contributed by atoms with Crippen LogP contribution >= 0.6 is 0 Å². The zero-order chi connectivity index (χ0) is 7.71. The molecule has 0 saturated heterocycles. The molecule has 23 heavy (non-hydrogen) atoms. The fourth-order valence-corrected chi connectivity index (χ4v) is 0.978. The van der Waals surface area contributed by atoms with Crippen LogP contribution in [0.5, 0.6) is 0 Å². The summed E-state index contributed by atoms with van der Waals surface area (Å²) in [7, 11) is -10.2. The van der Waals surface area contributed by atoms with E-state index in [4.69, 9.17) is 9.11 Å². The summed E-state index contributed by atoms with van der Waals surface area (Å²) in [4.78, 5) is 0. The molecule has 0 aromatic carbocycles. The Kier molecular flexibility index (Phi) is 370. The van der Waals surface area contributed by atoms with E-state index in [9.17, 15) is 16.8 Å². The summed E-state index contributed by atoms with van der Waals surface area (Å²) in [6, 6.07) is 0. The van der Waals surface area contributed by atoms with Gasteiger partial charge in [-0.15, -0.1) is 3.63 Å². The summed E-state index contributed by atoms with van der Waals surface area (Å²) >= 11 is 0. The number of rotatable bonds is 2. The first-order valence-corrected chi connectivity index (χ1v) is 4.10. The van der Waals surface area contributed by atoms with Crippen molar-refractivity contribution in [3.05, 3.63) is 0 Å². The van der Waals surface area contributed by atoms with Crippen LogP contribution in [0.2, 0.25) is 0 Å². The van der Waals surface area contributed by atoms with Crippen LogP contribution in [0, 0.1) is 0 Å². The van der Waals surface area contributed by atoms with Gasteiger partial charge in [-0.3, -0.25) is 9.11 Å². The third-order valence-electron chi connectivity index (χ3n) is 0.172.